The number of rotatable bonds is 9. The van der Waals surface area contributed by atoms with Crippen LogP contribution in [0.2, 0.25) is 5.02 Å². The van der Waals surface area contributed by atoms with Gasteiger partial charge in [-0.15, -0.1) is 10.2 Å². The summed E-state index contributed by atoms with van der Waals surface area (Å²) in [7, 11) is 3.28. The third-order valence-corrected chi connectivity index (χ3v) is 7.38. The minimum absolute atomic E-state index is 0.0326. The van der Waals surface area contributed by atoms with E-state index in [0.29, 0.717) is 29.1 Å². The highest BCUT2D eigenvalue weighted by atomic mass is 35.5. The second-order valence-corrected chi connectivity index (χ2v) is 9.79. The Hall–Kier alpha value is -2.56. The number of para-hydroxylation sites is 1. The maximum atomic E-state index is 5.94. The minimum atomic E-state index is 0.0326. The molecule has 4 atom stereocenters. The lowest BCUT2D eigenvalue weighted by Crippen LogP contribution is -2.17. The average molecular weight is 505 g/mol. The number of benzene rings is 1. The molecule has 1 saturated heterocycles. The summed E-state index contributed by atoms with van der Waals surface area (Å²) >= 11 is 7.47. The lowest BCUT2D eigenvalue weighted by Gasteiger charge is -2.22. The van der Waals surface area contributed by atoms with Crippen LogP contribution in [-0.4, -0.2) is 56.9 Å². The predicted octanol–water partition coefficient (Wildman–Crippen LogP) is 4.87. The van der Waals surface area contributed by atoms with Crippen LogP contribution in [0.3, 0.4) is 0 Å². The Morgan fingerprint density at radius 2 is 1.82 bits per heavy atom. The van der Waals surface area contributed by atoms with Gasteiger partial charge in [0, 0.05) is 36.1 Å². The maximum Gasteiger partial charge on any atom is 0.239 e. The molecule has 1 aliphatic heterocycles. The van der Waals surface area contributed by atoms with Crippen molar-refractivity contribution in [3.05, 3.63) is 47.3 Å². The van der Waals surface area contributed by atoms with E-state index in [1.54, 1.807) is 26.6 Å². The smallest absolute Gasteiger partial charge is 0.239 e. The van der Waals surface area contributed by atoms with Gasteiger partial charge in [-0.25, -0.2) is 9.97 Å². The fourth-order valence-corrected chi connectivity index (χ4v) is 4.81. The molecule has 3 heterocycles. The standard InChI is InChI=1S/C23H29ClN6O3S/c1-13(21-25-11-16(24)12-26-21)15(3)34-29-23-28-27-22(17-9-10-33-14(17)2)30(23)20-18(31-4)7-6-8-19(20)32-5/h6-8,11-15,17H,9-10H2,1-5H3,(H,28,29). The maximum absolute atomic E-state index is 5.94. The van der Waals surface area contributed by atoms with Crippen LogP contribution < -0.4 is 14.2 Å². The zero-order valence-electron chi connectivity index (χ0n) is 19.9. The molecule has 3 aromatic rings. The van der Waals surface area contributed by atoms with Crippen molar-refractivity contribution in [1.29, 1.82) is 0 Å². The average Bonchev–Trinajstić information content (AvgIpc) is 3.47. The van der Waals surface area contributed by atoms with E-state index in [1.165, 1.54) is 11.9 Å². The molecule has 0 spiro atoms. The molecule has 1 aliphatic rings. The number of hydrogen-bond acceptors (Lipinski definition) is 9. The first-order valence-corrected chi connectivity index (χ1v) is 12.4. The number of aromatic nitrogens is 5. The Balaban J connectivity index is 1.67. The van der Waals surface area contributed by atoms with E-state index < -0.39 is 0 Å². The highest BCUT2D eigenvalue weighted by Crippen LogP contribution is 2.40. The first-order chi connectivity index (χ1) is 16.4. The summed E-state index contributed by atoms with van der Waals surface area (Å²) in [5.41, 5.74) is 0.747. The molecule has 9 nitrogen and oxygen atoms in total. The van der Waals surface area contributed by atoms with Gasteiger partial charge in [-0.1, -0.05) is 31.5 Å². The molecule has 1 N–H and O–H groups in total. The van der Waals surface area contributed by atoms with Gasteiger partial charge in [0.2, 0.25) is 5.95 Å². The quantitative estimate of drug-likeness (QED) is 0.409. The van der Waals surface area contributed by atoms with Gasteiger partial charge in [0.05, 0.1) is 25.3 Å². The molecule has 4 unspecified atom stereocenters. The Labute approximate surface area is 208 Å². The number of halogens is 1. The van der Waals surface area contributed by atoms with Gasteiger partial charge >= 0.3 is 0 Å². The van der Waals surface area contributed by atoms with E-state index in [4.69, 9.17) is 25.8 Å². The van der Waals surface area contributed by atoms with Crippen molar-refractivity contribution in [1.82, 2.24) is 24.7 Å². The van der Waals surface area contributed by atoms with E-state index in [-0.39, 0.29) is 23.2 Å². The Bertz CT molecular complexity index is 1090. The third kappa shape index (κ3) is 4.94. The molecule has 1 fully saturated rings. The van der Waals surface area contributed by atoms with E-state index in [1.807, 2.05) is 22.8 Å². The molecular formula is C23H29ClN6O3S. The van der Waals surface area contributed by atoms with Crippen LogP contribution in [-0.2, 0) is 4.74 Å². The summed E-state index contributed by atoms with van der Waals surface area (Å²) in [6.07, 6.45) is 4.13. The van der Waals surface area contributed by atoms with Crippen molar-refractivity contribution in [3.8, 4) is 17.2 Å². The molecule has 2 aromatic heterocycles. The molecule has 0 amide bonds. The molecule has 0 radical (unpaired) electrons. The highest BCUT2D eigenvalue weighted by molar-refractivity contribution is 8.01. The van der Waals surface area contributed by atoms with Crippen LogP contribution in [0.15, 0.2) is 30.6 Å². The molecule has 11 heteroatoms. The number of ether oxygens (including phenoxy) is 3. The third-order valence-electron chi connectivity index (χ3n) is 6.11. The fraction of sp³-hybridized carbons (Fsp3) is 0.478. The van der Waals surface area contributed by atoms with Gasteiger partial charge in [-0.2, -0.15) is 0 Å². The SMILES string of the molecule is COc1cccc(OC)c1-n1c(NSC(C)C(C)c2ncc(Cl)cn2)nnc1C1CCOC1C. The Morgan fingerprint density at radius 3 is 2.41 bits per heavy atom. The van der Waals surface area contributed by atoms with E-state index in [9.17, 15) is 0 Å². The van der Waals surface area contributed by atoms with Crippen molar-refractivity contribution in [2.75, 3.05) is 25.5 Å². The molecule has 34 heavy (non-hydrogen) atoms. The summed E-state index contributed by atoms with van der Waals surface area (Å²) in [6, 6.07) is 5.69. The van der Waals surface area contributed by atoms with Crippen molar-refractivity contribution in [2.45, 2.75) is 50.4 Å². The minimum Gasteiger partial charge on any atom is -0.494 e. The Kier molecular flexibility index (Phi) is 7.80. The number of hydrogen-bond donors (Lipinski definition) is 1. The summed E-state index contributed by atoms with van der Waals surface area (Å²) in [6.45, 7) is 6.95. The lowest BCUT2D eigenvalue weighted by atomic mass is 10.0. The molecule has 182 valence electrons. The summed E-state index contributed by atoms with van der Waals surface area (Å²) in [4.78, 5) is 8.73. The first kappa shape index (κ1) is 24.6. The molecule has 0 bridgehead atoms. The van der Waals surface area contributed by atoms with Gasteiger partial charge in [-0.05, 0) is 37.4 Å². The first-order valence-electron chi connectivity index (χ1n) is 11.1. The van der Waals surface area contributed by atoms with Crippen molar-refractivity contribution in [2.24, 2.45) is 0 Å². The predicted molar refractivity (Wildman–Crippen MR) is 133 cm³/mol. The van der Waals surface area contributed by atoms with Crippen LogP contribution in [0, 0.1) is 0 Å². The highest BCUT2D eigenvalue weighted by Gasteiger charge is 2.33. The van der Waals surface area contributed by atoms with Crippen LogP contribution in [0.25, 0.3) is 5.69 Å². The summed E-state index contributed by atoms with van der Waals surface area (Å²) in [5, 5.41) is 9.72. The van der Waals surface area contributed by atoms with Crippen LogP contribution in [0.4, 0.5) is 5.95 Å². The number of nitrogens with one attached hydrogen (secondary N) is 1. The number of anilines is 1. The summed E-state index contributed by atoms with van der Waals surface area (Å²) < 4.78 is 22.6. The number of methoxy groups -OCH3 is 2. The molecular weight excluding hydrogens is 476 g/mol. The van der Waals surface area contributed by atoms with Gasteiger partial charge in [0.1, 0.15) is 28.8 Å². The van der Waals surface area contributed by atoms with E-state index in [2.05, 4.69) is 45.7 Å². The topological polar surface area (TPSA) is 96.2 Å². The zero-order valence-corrected chi connectivity index (χ0v) is 21.4. The molecule has 0 aliphatic carbocycles. The van der Waals surface area contributed by atoms with Crippen molar-refractivity contribution >= 4 is 29.5 Å². The lowest BCUT2D eigenvalue weighted by molar-refractivity contribution is 0.117. The monoisotopic (exact) mass is 504 g/mol. The fourth-order valence-electron chi connectivity index (χ4n) is 3.96. The van der Waals surface area contributed by atoms with Gasteiger partial charge in [0.25, 0.3) is 0 Å². The Morgan fingerprint density at radius 1 is 1.15 bits per heavy atom. The molecule has 4 rings (SSSR count). The van der Waals surface area contributed by atoms with Crippen molar-refractivity contribution in [3.63, 3.8) is 0 Å². The normalized spacial score (nSPS) is 19.6. The second kappa shape index (κ2) is 10.8. The van der Waals surface area contributed by atoms with Crippen LogP contribution in [0.5, 0.6) is 11.5 Å². The molecule has 1 aromatic carbocycles. The van der Waals surface area contributed by atoms with Gasteiger partial charge in [-0.3, -0.25) is 9.29 Å². The van der Waals surface area contributed by atoms with Gasteiger partial charge < -0.3 is 14.2 Å². The van der Waals surface area contributed by atoms with Gasteiger partial charge in [0.15, 0.2) is 0 Å². The van der Waals surface area contributed by atoms with Crippen molar-refractivity contribution < 1.29 is 14.2 Å². The second-order valence-electron chi connectivity index (χ2n) is 8.17. The van der Waals surface area contributed by atoms with E-state index in [0.717, 1.165) is 23.8 Å². The van der Waals surface area contributed by atoms with Crippen LogP contribution >= 0.6 is 23.5 Å². The zero-order chi connectivity index (χ0) is 24.2. The van der Waals surface area contributed by atoms with Crippen LogP contribution in [0.1, 0.15) is 50.7 Å². The molecule has 0 saturated carbocycles. The van der Waals surface area contributed by atoms with E-state index >= 15 is 0 Å². The summed E-state index contributed by atoms with van der Waals surface area (Å²) in [5.74, 6) is 3.62. The largest absolute Gasteiger partial charge is 0.494 e. The number of nitrogens with zero attached hydrogens (tertiary/aromatic N) is 5.